The van der Waals surface area contributed by atoms with Crippen molar-refractivity contribution in [3.8, 4) is 6.07 Å². The van der Waals surface area contributed by atoms with Crippen LogP contribution in [0.15, 0.2) is 24.5 Å². The van der Waals surface area contributed by atoms with Gasteiger partial charge in [0.05, 0.1) is 9.34 Å². The molecule has 0 unspecified atom stereocenters. The van der Waals surface area contributed by atoms with E-state index in [2.05, 4.69) is 9.97 Å². The van der Waals surface area contributed by atoms with Crippen LogP contribution in [0.25, 0.3) is 0 Å². The normalized spacial score (nSPS) is 9.81. The van der Waals surface area contributed by atoms with Gasteiger partial charge in [0.1, 0.15) is 23.9 Å². The van der Waals surface area contributed by atoms with Crippen molar-refractivity contribution < 1.29 is 0 Å². The lowest BCUT2D eigenvalue weighted by Gasteiger charge is -2.15. The number of nitrogens with zero attached hydrogens (tertiary/aromatic N) is 4. The molecule has 2 rings (SSSR count). The molecule has 0 radical (unpaired) electrons. The molecule has 2 heterocycles. The van der Waals surface area contributed by atoms with E-state index >= 15 is 0 Å². The molecule has 2 aromatic rings. The van der Waals surface area contributed by atoms with Gasteiger partial charge >= 0.3 is 0 Å². The molecule has 0 bridgehead atoms. The second kappa shape index (κ2) is 4.47. The van der Waals surface area contributed by atoms with E-state index < -0.39 is 0 Å². The maximum absolute atomic E-state index is 8.74. The number of rotatable bonds is 2. The van der Waals surface area contributed by atoms with Crippen LogP contribution in [0.1, 0.15) is 5.69 Å². The van der Waals surface area contributed by atoms with E-state index in [4.69, 9.17) is 16.9 Å². The minimum Gasteiger partial charge on any atom is -0.321 e. The molecule has 0 aromatic carbocycles. The number of halogens is 1. The SMILES string of the molecule is CN(c1cc(C#N)ncn1)c1ccc(Cl)s1. The van der Waals surface area contributed by atoms with Crippen LogP contribution in [0.2, 0.25) is 4.34 Å². The Morgan fingerprint density at radius 1 is 1.44 bits per heavy atom. The van der Waals surface area contributed by atoms with Crippen molar-refractivity contribution in [3.05, 3.63) is 34.6 Å². The van der Waals surface area contributed by atoms with Crippen LogP contribution in [0.4, 0.5) is 10.8 Å². The molecule has 0 aliphatic rings. The molecule has 0 saturated carbocycles. The van der Waals surface area contributed by atoms with E-state index in [0.717, 1.165) is 9.34 Å². The summed E-state index contributed by atoms with van der Waals surface area (Å²) in [4.78, 5) is 9.78. The zero-order valence-electron chi connectivity index (χ0n) is 8.38. The average Bonchev–Trinajstić information content (AvgIpc) is 2.75. The Bertz CT molecular complexity index is 546. The summed E-state index contributed by atoms with van der Waals surface area (Å²) >= 11 is 7.31. The molecule has 80 valence electrons. The molecule has 0 saturated heterocycles. The lowest BCUT2D eigenvalue weighted by Crippen LogP contribution is -2.10. The first kappa shape index (κ1) is 10.9. The van der Waals surface area contributed by atoms with Gasteiger partial charge in [0, 0.05) is 13.1 Å². The number of hydrogen-bond donors (Lipinski definition) is 0. The summed E-state index contributed by atoms with van der Waals surface area (Å²) in [6.45, 7) is 0. The summed E-state index contributed by atoms with van der Waals surface area (Å²) in [7, 11) is 1.87. The summed E-state index contributed by atoms with van der Waals surface area (Å²) in [6, 6.07) is 7.34. The van der Waals surface area contributed by atoms with Crippen molar-refractivity contribution in [3.63, 3.8) is 0 Å². The number of thiophene rings is 1. The van der Waals surface area contributed by atoms with Gasteiger partial charge in [-0.25, -0.2) is 9.97 Å². The third kappa shape index (κ3) is 2.13. The Labute approximate surface area is 102 Å². The van der Waals surface area contributed by atoms with Gasteiger partial charge in [-0.15, -0.1) is 11.3 Å². The van der Waals surface area contributed by atoms with Gasteiger partial charge in [-0.3, -0.25) is 0 Å². The molecule has 0 aliphatic heterocycles. The van der Waals surface area contributed by atoms with Crippen LogP contribution in [-0.4, -0.2) is 17.0 Å². The van der Waals surface area contributed by atoms with E-state index in [1.54, 1.807) is 6.07 Å². The molecule has 4 nitrogen and oxygen atoms in total. The van der Waals surface area contributed by atoms with E-state index in [1.165, 1.54) is 17.7 Å². The standard InChI is InChI=1S/C10H7ClN4S/c1-15(10-3-2-8(11)16-10)9-4-7(5-12)13-6-14-9/h2-4,6H,1H3. The maximum Gasteiger partial charge on any atom is 0.145 e. The Morgan fingerprint density at radius 3 is 2.88 bits per heavy atom. The minimum absolute atomic E-state index is 0.347. The Hall–Kier alpha value is -1.64. The summed E-state index contributed by atoms with van der Waals surface area (Å²) < 4.78 is 0.719. The van der Waals surface area contributed by atoms with E-state index in [1.807, 2.05) is 30.1 Å². The van der Waals surface area contributed by atoms with E-state index in [0.29, 0.717) is 11.5 Å². The van der Waals surface area contributed by atoms with Crippen LogP contribution in [0.3, 0.4) is 0 Å². The first-order chi connectivity index (χ1) is 7.70. The van der Waals surface area contributed by atoms with Gasteiger partial charge in [0.15, 0.2) is 0 Å². The van der Waals surface area contributed by atoms with Gasteiger partial charge in [-0.05, 0) is 12.1 Å². The summed E-state index contributed by atoms with van der Waals surface area (Å²) in [6.07, 6.45) is 1.37. The quantitative estimate of drug-likeness (QED) is 0.822. The maximum atomic E-state index is 8.74. The first-order valence-electron chi connectivity index (χ1n) is 4.42. The van der Waals surface area contributed by atoms with Gasteiger partial charge in [0.2, 0.25) is 0 Å². The lowest BCUT2D eigenvalue weighted by molar-refractivity contribution is 1.07. The fourth-order valence-electron chi connectivity index (χ4n) is 1.19. The zero-order chi connectivity index (χ0) is 11.5. The van der Waals surface area contributed by atoms with Crippen molar-refractivity contribution in [2.24, 2.45) is 0 Å². The second-order valence-electron chi connectivity index (χ2n) is 3.01. The van der Waals surface area contributed by atoms with Gasteiger partial charge in [-0.2, -0.15) is 5.26 Å². The predicted molar refractivity (Wildman–Crippen MR) is 64.1 cm³/mol. The Morgan fingerprint density at radius 2 is 2.25 bits per heavy atom. The Kier molecular flexibility index (Phi) is 3.04. The molecular formula is C10H7ClN4S. The largest absolute Gasteiger partial charge is 0.321 e. The molecular weight excluding hydrogens is 244 g/mol. The number of nitriles is 1. The fourth-order valence-corrected chi connectivity index (χ4v) is 2.19. The van der Waals surface area contributed by atoms with Crippen LogP contribution in [0.5, 0.6) is 0 Å². The first-order valence-corrected chi connectivity index (χ1v) is 5.61. The van der Waals surface area contributed by atoms with E-state index in [9.17, 15) is 0 Å². The zero-order valence-corrected chi connectivity index (χ0v) is 9.96. The molecule has 0 amide bonds. The number of anilines is 2. The average molecular weight is 251 g/mol. The van der Waals surface area contributed by atoms with Gasteiger partial charge in [-0.1, -0.05) is 11.6 Å². The molecule has 16 heavy (non-hydrogen) atoms. The molecule has 0 fully saturated rings. The smallest absolute Gasteiger partial charge is 0.145 e. The third-order valence-electron chi connectivity index (χ3n) is 2.00. The highest BCUT2D eigenvalue weighted by Crippen LogP contribution is 2.32. The highest BCUT2D eigenvalue weighted by Gasteiger charge is 2.08. The fraction of sp³-hybridized carbons (Fsp3) is 0.100. The van der Waals surface area contributed by atoms with Crippen LogP contribution in [-0.2, 0) is 0 Å². The van der Waals surface area contributed by atoms with Gasteiger partial charge < -0.3 is 4.90 Å². The Balaban J connectivity index is 2.34. The molecule has 2 aromatic heterocycles. The highest BCUT2D eigenvalue weighted by molar-refractivity contribution is 7.20. The van der Waals surface area contributed by atoms with E-state index in [-0.39, 0.29) is 0 Å². The van der Waals surface area contributed by atoms with Crippen molar-refractivity contribution in [2.45, 2.75) is 0 Å². The highest BCUT2D eigenvalue weighted by atomic mass is 35.5. The molecule has 0 atom stereocenters. The monoisotopic (exact) mass is 250 g/mol. The third-order valence-corrected chi connectivity index (χ3v) is 3.31. The van der Waals surface area contributed by atoms with Crippen molar-refractivity contribution in [1.29, 1.82) is 5.26 Å². The predicted octanol–water partition coefficient (Wildman–Crippen LogP) is 2.83. The van der Waals surface area contributed by atoms with Crippen LogP contribution >= 0.6 is 22.9 Å². The number of aromatic nitrogens is 2. The van der Waals surface area contributed by atoms with Crippen molar-refractivity contribution >= 4 is 33.8 Å². The summed E-state index contributed by atoms with van der Waals surface area (Å²) in [5, 5.41) is 9.71. The van der Waals surface area contributed by atoms with Crippen molar-refractivity contribution in [2.75, 3.05) is 11.9 Å². The molecule has 0 aliphatic carbocycles. The van der Waals surface area contributed by atoms with Crippen LogP contribution < -0.4 is 4.90 Å². The molecule has 0 N–H and O–H groups in total. The molecule has 6 heteroatoms. The van der Waals surface area contributed by atoms with Crippen molar-refractivity contribution in [1.82, 2.24) is 9.97 Å². The number of hydrogen-bond acceptors (Lipinski definition) is 5. The topological polar surface area (TPSA) is 52.8 Å². The second-order valence-corrected chi connectivity index (χ2v) is 4.70. The van der Waals surface area contributed by atoms with Crippen LogP contribution in [0, 0.1) is 11.3 Å². The molecule has 0 spiro atoms. The summed E-state index contributed by atoms with van der Waals surface area (Å²) in [5.74, 6) is 0.671. The van der Waals surface area contributed by atoms with Gasteiger partial charge in [0.25, 0.3) is 0 Å². The minimum atomic E-state index is 0.347. The lowest BCUT2D eigenvalue weighted by atomic mass is 10.4. The summed E-state index contributed by atoms with van der Waals surface area (Å²) in [5.41, 5.74) is 0.347.